The van der Waals surface area contributed by atoms with Crippen molar-refractivity contribution in [1.82, 2.24) is 0 Å². The van der Waals surface area contributed by atoms with E-state index in [1.165, 1.54) is 0 Å². The molecule has 4 rings (SSSR count). The fourth-order valence-electron chi connectivity index (χ4n) is 3.22. The first-order valence-corrected chi connectivity index (χ1v) is 9.58. The van der Waals surface area contributed by atoms with Crippen molar-refractivity contribution in [2.24, 2.45) is 0 Å². The summed E-state index contributed by atoms with van der Waals surface area (Å²) in [6.07, 6.45) is 1.67. The molecule has 31 heavy (non-hydrogen) atoms. The molecule has 6 nitrogen and oxygen atoms in total. The first-order chi connectivity index (χ1) is 15.0. The van der Waals surface area contributed by atoms with Crippen molar-refractivity contribution in [3.8, 4) is 23.0 Å². The lowest BCUT2D eigenvalue weighted by Gasteiger charge is -2.10. The highest BCUT2D eigenvalue weighted by molar-refractivity contribution is 6.15. The summed E-state index contributed by atoms with van der Waals surface area (Å²) in [6, 6.07) is 17.1. The van der Waals surface area contributed by atoms with Crippen LogP contribution in [0.1, 0.15) is 31.8 Å². The zero-order chi connectivity index (χ0) is 22.0. The van der Waals surface area contributed by atoms with Crippen LogP contribution in [0.15, 0.2) is 66.4 Å². The number of allylic oxidation sites excluding steroid dienone is 1. The number of ether oxygens (including phenoxy) is 4. The maximum absolute atomic E-state index is 12.8. The van der Waals surface area contributed by atoms with Crippen molar-refractivity contribution in [1.29, 1.82) is 0 Å². The van der Waals surface area contributed by atoms with Gasteiger partial charge in [-0.2, -0.15) is 0 Å². The molecule has 0 aliphatic carbocycles. The first-order valence-electron chi connectivity index (χ1n) is 9.58. The standard InChI is InChI=1S/C25H20O6/c1-15-21(31-25(27)17-6-10-19(29-3)11-7-17)13-12-20-23(26)22(30-24(15)20)14-16-4-8-18(28-2)9-5-16/h4-14H,1-3H3/b22-14-. The van der Waals surface area contributed by atoms with E-state index in [0.717, 1.165) is 11.3 Å². The number of esters is 1. The second-order valence-corrected chi connectivity index (χ2v) is 6.90. The average Bonchev–Trinajstić information content (AvgIpc) is 3.12. The lowest BCUT2D eigenvalue weighted by atomic mass is 10.1. The maximum atomic E-state index is 12.8. The van der Waals surface area contributed by atoms with Gasteiger partial charge in [-0.1, -0.05) is 12.1 Å². The van der Waals surface area contributed by atoms with Crippen molar-refractivity contribution in [3.05, 3.63) is 88.7 Å². The average molecular weight is 416 g/mol. The third-order valence-electron chi connectivity index (χ3n) is 4.98. The zero-order valence-corrected chi connectivity index (χ0v) is 17.3. The highest BCUT2D eigenvalue weighted by Gasteiger charge is 2.30. The number of benzene rings is 3. The Hall–Kier alpha value is -4.06. The van der Waals surface area contributed by atoms with Crippen LogP contribution >= 0.6 is 0 Å². The third kappa shape index (κ3) is 4.00. The molecule has 6 heteroatoms. The molecule has 0 N–H and O–H groups in total. The van der Waals surface area contributed by atoms with Gasteiger partial charge in [-0.25, -0.2) is 4.79 Å². The Morgan fingerprint density at radius 2 is 1.48 bits per heavy atom. The molecular weight excluding hydrogens is 396 g/mol. The zero-order valence-electron chi connectivity index (χ0n) is 17.3. The molecule has 1 heterocycles. The van der Waals surface area contributed by atoms with E-state index < -0.39 is 5.97 Å². The molecule has 0 fully saturated rings. The summed E-state index contributed by atoms with van der Waals surface area (Å²) in [5.41, 5.74) is 2.20. The summed E-state index contributed by atoms with van der Waals surface area (Å²) in [4.78, 5) is 25.3. The summed E-state index contributed by atoms with van der Waals surface area (Å²) in [5, 5.41) is 0. The van der Waals surface area contributed by atoms with Crippen molar-refractivity contribution in [2.45, 2.75) is 6.92 Å². The second kappa shape index (κ2) is 8.36. The minimum atomic E-state index is -0.510. The van der Waals surface area contributed by atoms with E-state index in [0.29, 0.717) is 33.9 Å². The van der Waals surface area contributed by atoms with Gasteiger partial charge in [0.05, 0.1) is 25.3 Å². The third-order valence-corrected chi connectivity index (χ3v) is 4.98. The number of Topliss-reactive ketones (excluding diaryl/α,β-unsaturated/α-hetero) is 1. The minimum Gasteiger partial charge on any atom is -0.497 e. The van der Waals surface area contributed by atoms with Crippen LogP contribution in [0.25, 0.3) is 6.08 Å². The maximum Gasteiger partial charge on any atom is 0.343 e. The molecule has 1 aliphatic heterocycles. The molecule has 1 aliphatic rings. The highest BCUT2D eigenvalue weighted by Crippen LogP contribution is 2.39. The second-order valence-electron chi connectivity index (χ2n) is 6.90. The Bertz CT molecular complexity index is 1170. The fraction of sp³-hybridized carbons (Fsp3) is 0.120. The number of hydrogen-bond acceptors (Lipinski definition) is 6. The molecule has 0 unspecified atom stereocenters. The molecule has 156 valence electrons. The van der Waals surface area contributed by atoms with Gasteiger partial charge < -0.3 is 18.9 Å². The van der Waals surface area contributed by atoms with Crippen LogP contribution in [0.5, 0.6) is 23.0 Å². The fourth-order valence-corrected chi connectivity index (χ4v) is 3.22. The van der Waals surface area contributed by atoms with Crippen LogP contribution in [-0.2, 0) is 0 Å². The van der Waals surface area contributed by atoms with E-state index in [2.05, 4.69) is 0 Å². The number of carbonyl (C=O) groups excluding carboxylic acids is 2. The Morgan fingerprint density at radius 1 is 0.871 bits per heavy atom. The number of ketones is 1. The molecular formula is C25H20O6. The van der Waals surface area contributed by atoms with Crippen LogP contribution in [0.2, 0.25) is 0 Å². The summed E-state index contributed by atoms with van der Waals surface area (Å²) < 4.78 is 21.6. The summed E-state index contributed by atoms with van der Waals surface area (Å²) >= 11 is 0. The molecule has 0 saturated carbocycles. The van der Waals surface area contributed by atoms with Gasteiger partial charge in [0.15, 0.2) is 5.76 Å². The van der Waals surface area contributed by atoms with Gasteiger partial charge in [0.2, 0.25) is 5.78 Å². The van der Waals surface area contributed by atoms with E-state index in [-0.39, 0.29) is 11.5 Å². The lowest BCUT2D eigenvalue weighted by Crippen LogP contribution is -2.09. The number of carbonyl (C=O) groups is 2. The number of rotatable bonds is 5. The van der Waals surface area contributed by atoms with E-state index in [9.17, 15) is 9.59 Å². The minimum absolute atomic E-state index is 0.210. The smallest absolute Gasteiger partial charge is 0.343 e. The van der Waals surface area contributed by atoms with Crippen LogP contribution < -0.4 is 18.9 Å². The monoisotopic (exact) mass is 416 g/mol. The van der Waals surface area contributed by atoms with Gasteiger partial charge in [-0.05, 0) is 67.1 Å². The van der Waals surface area contributed by atoms with Crippen LogP contribution in [0.4, 0.5) is 0 Å². The molecule has 0 amide bonds. The highest BCUT2D eigenvalue weighted by atomic mass is 16.5. The van der Waals surface area contributed by atoms with Crippen LogP contribution in [0, 0.1) is 6.92 Å². The van der Waals surface area contributed by atoms with Gasteiger partial charge in [0, 0.05) is 5.56 Å². The van der Waals surface area contributed by atoms with Gasteiger partial charge in [0.25, 0.3) is 0 Å². The van der Waals surface area contributed by atoms with Crippen molar-refractivity contribution >= 4 is 17.8 Å². The molecule has 0 aromatic heterocycles. The molecule has 0 saturated heterocycles. The van der Waals surface area contributed by atoms with Crippen LogP contribution in [-0.4, -0.2) is 26.0 Å². The predicted molar refractivity (Wildman–Crippen MR) is 115 cm³/mol. The molecule has 0 atom stereocenters. The Morgan fingerprint density at radius 3 is 2.10 bits per heavy atom. The number of hydrogen-bond donors (Lipinski definition) is 0. The van der Waals surface area contributed by atoms with Crippen LogP contribution in [0.3, 0.4) is 0 Å². The van der Waals surface area contributed by atoms with E-state index >= 15 is 0 Å². The van der Waals surface area contributed by atoms with E-state index in [1.54, 1.807) is 75.8 Å². The van der Waals surface area contributed by atoms with E-state index in [4.69, 9.17) is 18.9 Å². The Labute approximate surface area is 179 Å². The molecule has 0 spiro atoms. The topological polar surface area (TPSA) is 71.1 Å². The molecule has 3 aromatic carbocycles. The van der Waals surface area contributed by atoms with Gasteiger partial charge in [0.1, 0.15) is 23.0 Å². The Balaban J connectivity index is 1.56. The lowest BCUT2D eigenvalue weighted by molar-refractivity contribution is 0.0733. The molecule has 0 bridgehead atoms. The summed E-state index contributed by atoms with van der Waals surface area (Å²) in [7, 11) is 3.15. The van der Waals surface area contributed by atoms with Gasteiger partial charge in [-0.15, -0.1) is 0 Å². The first kappa shape index (κ1) is 20.2. The van der Waals surface area contributed by atoms with Crippen molar-refractivity contribution in [2.75, 3.05) is 14.2 Å². The number of methoxy groups -OCH3 is 2. The SMILES string of the molecule is COc1ccc(/C=C2\Oc3c(ccc(OC(=O)c4ccc(OC)cc4)c3C)C2=O)cc1. The predicted octanol–water partition coefficient (Wildman–Crippen LogP) is 4.85. The number of fused-ring (bicyclic) bond motifs is 1. The quantitative estimate of drug-likeness (QED) is 0.336. The van der Waals surface area contributed by atoms with Crippen molar-refractivity contribution in [3.63, 3.8) is 0 Å². The molecule has 3 aromatic rings. The van der Waals surface area contributed by atoms with Crippen molar-refractivity contribution < 1.29 is 28.5 Å². The normalized spacial score (nSPS) is 13.5. The van der Waals surface area contributed by atoms with Gasteiger partial charge >= 0.3 is 5.97 Å². The van der Waals surface area contributed by atoms with E-state index in [1.807, 2.05) is 12.1 Å². The van der Waals surface area contributed by atoms with Gasteiger partial charge in [-0.3, -0.25) is 4.79 Å². The summed E-state index contributed by atoms with van der Waals surface area (Å²) in [6.45, 7) is 1.75. The molecule has 0 radical (unpaired) electrons. The Kier molecular flexibility index (Phi) is 5.45. The largest absolute Gasteiger partial charge is 0.497 e. The summed E-state index contributed by atoms with van der Waals surface area (Å²) in [5.74, 6) is 1.58.